The molecule has 1 aliphatic rings. The third-order valence-electron chi connectivity index (χ3n) is 2.96. The van der Waals surface area contributed by atoms with Gasteiger partial charge < -0.3 is 5.32 Å². The van der Waals surface area contributed by atoms with E-state index in [2.05, 4.69) is 10.3 Å². The van der Waals surface area contributed by atoms with Crippen LogP contribution in [0.3, 0.4) is 0 Å². The lowest BCUT2D eigenvalue weighted by Gasteiger charge is -2.05. The predicted molar refractivity (Wildman–Crippen MR) is 69.7 cm³/mol. The van der Waals surface area contributed by atoms with Crippen molar-refractivity contribution in [3.05, 3.63) is 28.1 Å². The second kappa shape index (κ2) is 4.53. The Kier molecular flexibility index (Phi) is 2.87. The molecule has 2 aromatic rings. The number of aryl methyl sites for hydroxylation is 1. The highest BCUT2D eigenvalue weighted by molar-refractivity contribution is 7.17. The second-order valence-corrected chi connectivity index (χ2v) is 5.39. The number of hydrogen-bond acceptors (Lipinski definition) is 4. The summed E-state index contributed by atoms with van der Waals surface area (Å²) >= 11 is 1.39. The number of thiophene rings is 1. The van der Waals surface area contributed by atoms with Gasteiger partial charge in [0, 0.05) is 19.0 Å². The average Bonchev–Trinajstić information content (AvgIpc) is 3.03. The first-order valence-corrected chi connectivity index (χ1v) is 6.84. The smallest absolute Gasteiger partial charge is 0.271 e. The number of hydrogen-bond donors (Lipinski definition) is 1. The van der Waals surface area contributed by atoms with E-state index in [9.17, 15) is 9.59 Å². The van der Waals surface area contributed by atoms with E-state index in [0.29, 0.717) is 23.7 Å². The summed E-state index contributed by atoms with van der Waals surface area (Å²) in [6.07, 6.45) is 4.00. The van der Waals surface area contributed by atoms with Gasteiger partial charge in [0.05, 0.1) is 11.8 Å². The molecular formula is C12H13N3O2S. The first-order valence-electron chi connectivity index (χ1n) is 5.96. The predicted octanol–water partition coefficient (Wildman–Crippen LogP) is 1.13. The summed E-state index contributed by atoms with van der Waals surface area (Å²) < 4.78 is 2.16. The first-order chi connectivity index (χ1) is 8.74. The van der Waals surface area contributed by atoms with Gasteiger partial charge in [-0.15, -0.1) is 11.3 Å². The van der Waals surface area contributed by atoms with Crippen LogP contribution in [0.15, 0.2) is 22.6 Å². The number of fused-ring (bicyclic) bond motifs is 1. The molecule has 5 nitrogen and oxygen atoms in total. The Morgan fingerprint density at radius 2 is 2.39 bits per heavy atom. The lowest BCUT2D eigenvalue weighted by Crippen LogP contribution is -2.28. The average molecular weight is 263 g/mol. The summed E-state index contributed by atoms with van der Waals surface area (Å²) in [4.78, 5) is 27.8. The molecule has 0 aliphatic heterocycles. The molecule has 0 spiro atoms. The molecule has 0 saturated heterocycles. The van der Waals surface area contributed by atoms with E-state index in [1.165, 1.54) is 22.2 Å². The van der Waals surface area contributed by atoms with Gasteiger partial charge in [-0.3, -0.25) is 14.2 Å². The Bertz CT molecular complexity index is 642. The Hall–Kier alpha value is -1.69. The molecule has 2 heterocycles. The van der Waals surface area contributed by atoms with E-state index in [4.69, 9.17) is 0 Å². The molecule has 0 unspecified atom stereocenters. The molecule has 0 radical (unpaired) electrons. The van der Waals surface area contributed by atoms with Crippen molar-refractivity contribution in [2.45, 2.75) is 31.8 Å². The Morgan fingerprint density at radius 1 is 1.56 bits per heavy atom. The van der Waals surface area contributed by atoms with E-state index in [-0.39, 0.29) is 11.5 Å². The van der Waals surface area contributed by atoms with Gasteiger partial charge in [0.25, 0.3) is 5.56 Å². The normalized spacial score (nSPS) is 14.9. The Morgan fingerprint density at radius 3 is 3.17 bits per heavy atom. The van der Waals surface area contributed by atoms with Crippen LogP contribution >= 0.6 is 11.3 Å². The molecule has 1 saturated carbocycles. The number of carbonyl (C=O) groups excluding carboxylic acids is 1. The van der Waals surface area contributed by atoms with Crippen LogP contribution in [0.4, 0.5) is 0 Å². The van der Waals surface area contributed by atoms with Gasteiger partial charge in [-0.2, -0.15) is 0 Å². The van der Waals surface area contributed by atoms with Crippen LogP contribution in [-0.2, 0) is 11.3 Å². The summed E-state index contributed by atoms with van der Waals surface area (Å²) in [5.74, 6) is 0.00989. The minimum absolute atomic E-state index is 0.00989. The second-order valence-electron chi connectivity index (χ2n) is 4.47. The maximum Gasteiger partial charge on any atom is 0.271 e. The summed E-state index contributed by atoms with van der Waals surface area (Å²) in [6, 6.07) is 2.19. The van der Waals surface area contributed by atoms with Crippen molar-refractivity contribution in [3.63, 3.8) is 0 Å². The van der Waals surface area contributed by atoms with E-state index >= 15 is 0 Å². The molecule has 1 amide bonds. The molecule has 0 aromatic carbocycles. The number of aromatic nitrogens is 2. The van der Waals surface area contributed by atoms with Crippen molar-refractivity contribution in [3.8, 4) is 0 Å². The molecule has 3 rings (SSSR count). The maximum absolute atomic E-state index is 12.0. The zero-order valence-electron chi connectivity index (χ0n) is 9.76. The maximum atomic E-state index is 12.0. The van der Waals surface area contributed by atoms with Crippen LogP contribution in [0.1, 0.15) is 19.3 Å². The van der Waals surface area contributed by atoms with E-state index in [0.717, 1.165) is 18.4 Å². The highest BCUT2D eigenvalue weighted by Gasteiger charge is 2.22. The van der Waals surface area contributed by atoms with Gasteiger partial charge in [0.1, 0.15) is 4.70 Å². The van der Waals surface area contributed by atoms with Crippen LogP contribution in [-0.4, -0.2) is 21.5 Å². The third kappa shape index (κ3) is 2.28. The van der Waals surface area contributed by atoms with E-state index < -0.39 is 0 Å². The first kappa shape index (κ1) is 11.4. The summed E-state index contributed by atoms with van der Waals surface area (Å²) in [7, 11) is 0. The molecule has 2 aromatic heterocycles. The fraction of sp³-hybridized carbons (Fsp3) is 0.417. The van der Waals surface area contributed by atoms with Gasteiger partial charge in [0.15, 0.2) is 0 Å². The molecule has 1 aliphatic carbocycles. The number of rotatable bonds is 4. The summed E-state index contributed by atoms with van der Waals surface area (Å²) in [6.45, 7) is 0.387. The van der Waals surface area contributed by atoms with Crippen molar-refractivity contribution >= 4 is 27.5 Å². The molecule has 0 atom stereocenters. The van der Waals surface area contributed by atoms with Gasteiger partial charge in [0.2, 0.25) is 5.91 Å². The fourth-order valence-corrected chi connectivity index (χ4v) is 2.58. The van der Waals surface area contributed by atoms with Crippen molar-refractivity contribution in [2.24, 2.45) is 0 Å². The van der Waals surface area contributed by atoms with Crippen LogP contribution in [0.5, 0.6) is 0 Å². The van der Waals surface area contributed by atoms with Crippen molar-refractivity contribution in [1.29, 1.82) is 0 Å². The summed E-state index contributed by atoms with van der Waals surface area (Å²) in [5, 5.41) is 4.75. The Labute approximate surface area is 107 Å². The van der Waals surface area contributed by atoms with Crippen molar-refractivity contribution in [1.82, 2.24) is 14.9 Å². The van der Waals surface area contributed by atoms with Gasteiger partial charge in [-0.25, -0.2) is 4.98 Å². The molecular weight excluding hydrogens is 250 g/mol. The van der Waals surface area contributed by atoms with Crippen molar-refractivity contribution in [2.75, 3.05) is 0 Å². The molecule has 6 heteroatoms. The van der Waals surface area contributed by atoms with Crippen molar-refractivity contribution < 1.29 is 4.79 Å². The molecule has 1 N–H and O–H groups in total. The highest BCUT2D eigenvalue weighted by atomic mass is 32.1. The minimum Gasteiger partial charge on any atom is -0.353 e. The van der Waals surface area contributed by atoms with Crippen LogP contribution in [0, 0.1) is 0 Å². The molecule has 1 fully saturated rings. The SMILES string of the molecule is O=C(CCn1cnc2ccsc2c1=O)NC1CC1. The largest absolute Gasteiger partial charge is 0.353 e. The van der Waals surface area contributed by atoms with Gasteiger partial charge >= 0.3 is 0 Å². The molecule has 0 bridgehead atoms. The number of amides is 1. The summed E-state index contributed by atoms with van der Waals surface area (Å²) in [5.41, 5.74) is 0.665. The van der Waals surface area contributed by atoms with Gasteiger partial charge in [-0.05, 0) is 24.3 Å². The number of nitrogens with one attached hydrogen (secondary N) is 1. The molecule has 18 heavy (non-hydrogen) atoms. The molecule has 94 valence electrons. The van der Waals surface area contributed by atoms with Gasteiger partial charge in [-0.1, -0.05) is 0 Å². The standard InChI is InChI=1S/C12H13N3O2S/c16-10(14-8-1-2-8)3-5-15-7-13-9-4-6-18-11(9)12(15)17/h4,6-8H,1-3,5H2,(H,14,16). The zero-order chi connectivity index (χ0) is 12.5. The highest BCUT2D eigenvalue weighted by Crippen LogP contribution is 2.18. The van der Waals surface area contributed by atoms with E-state index in [1.807, 2.05) is 11.4 Å². The third-order valence-corrected chi connectivity index (χ3v) is 3.85. The Balaban J connectivity index is 1.71. The topological polar surface area (TPSA) is 64.0 Å². The zero-order valence-corrected chi connectivity index (χ0v) is 10.6. The van der Waals surface area contributed by atoms with Crippen LogP contribution < -0.4 is 10.9 Å². The van der Waals surface area contributed by atoms with Crippen LogP contribution in [0.2, 0.25) is 0 Å². The lowest BCUT2D eigenvalue weighted by atomic mass is 10.3. The van der Waals surface area contributed by atoms with E-state index in [1.54, 1.807) is 0 Å². The minimum atomic E-state index is -0.0609. The number of nitrogens with zero attached hydrogens (tertiary/aromatic N) is 2. The monoisotopic (exact) mass is 263 g/mol. The van der Waals surface area contributed by atoms with Crippen LogP contribution in [0.25, 0.3) is 10.2 Å². The fourth-order valence-electron chi connectivity index (χ4n) is 1.79. The number of carbonyl (C=O) groups is 1. The quantitative estimate of drug-likeness (QED) is 0.899. The lowest BCUT2D eigenvalue weighted by molar-refractivity contribution is -0.121.